The SMILES string of the molecule is Cl.Cl.O=C(N[C@H](C(=O)N1CCC[C@H]1c1ncc(-c2ccc(-c3ccc(-c4ccc(-c5cnc([C@@H]6CCCN6C(=O)[C@@H](NC(=O)C6CC6)c6ccccc6)[nH]5)s4)cc3)s2)[nH]1)c1ccccc1)C1CC1. The van der Waals surface area contributed by atoms with Gasteiger partial charge in [-0.25, -0.2) is 9.97 Å². The minimum atomic E-state index is -0.728. The summed E-state index contributed by atoms with van der Waals surface area (Å²) in [5, 5.41) is 6.12. The second-order valence-corrected chi connectivity index (χ2v) is 20.1. The highest BCUT2D eigenvalue weighted by Crippen LogP contribution is 2.41. The van der Waals surface area contributed by atoms with Crippen LogP contribution in [0.15, 0.2) is 122 Å². The van der Waals surface area contributed by atoms with E-state index in [0.717, 1.165) is 116 Å². The number of carbonyl (C=O) groups excluding carboxylic acids is 4. The maximum Gasteiger partial charge on any atom is 0.250 e. The number of imidazole rings is 2. The monoisotopic (exact) mass is 986 g/mol. The minimum absolute atomic E-state index is 0. The number of nitrogens with zero attached hydrogens (tertiary/aromatic N) is 4. The van der Waals surface area contributed by atoms with Gasteiger partial charge in [0, 0.05) is 34.7 Å². The number of benzene rings is 3. The zero-order chi connectivity index (χ0) is 44.7. The van der Waals surface area contributed by atoms with Gasteiger partial charge in [0.1, 0.15) is 23.7 Å². The largest absolute Gasteiger partial charge is 0.340 e. The predicted octanol–water partition coefficient (Wildman–Crippen LogP) is 10.6. The lowest BCUT2D eigenvalue weighted by Gasteiger charge is -2.28. The van der Waals surface area contributed by atoms with E-state index in [1.54, 1.807) is 22.7 Å². The van der Waals surface area contributed by atoms with Crippen molar-refractivity contribution in [2.45, 2.75) is 75.5 Å². The van der Waals surface area contributed by atoms with Crippen LogP contribution in [0.1, 0.15) is 98.3 Å². The van der Waals surface area contributed by atoms with Gasteiger partial charge in [-0.2, -0.15) is 0 Å². The molecular formula is C52H52Cl2N8O4S2. The quantitative estimate of drug-likeness (QED) is 0.0850. The summed E-state index contributed by atoms with van der Waals surface area (Å²) >= 11 is 3.39. The number of amides is 4. The molecule has 4 aliphatic rings. The summed E-state index contributed by atoms with van der Waals surface area (Å²) < 4.78 is 0. The zero-order valence-corrected chi connectivity index (χ0v) is 40.4. The molecule has 2 aliphatic heterocycles. The Hall–Kier alpha value is -6.06. The maximum absolute atomic E-state index is 14.1. The number of aromatic nitrogens is 4. The molecular weight excluding hydrogens is 936 g/mol. The highest BCUT2D eigenvalue weighted by Gasteiger charge is 2.41. The summed E-state index contributed by atoms with van der Waals surface area (Å²) in [6.45, 7) is 1.22. The Bertz CT molecular complexity index is 2700. The second kappa shape index (κ2) is 20.3. The molecule has 4 aromatic heterocycles. The Labute approximate surface area is 415 Å². The van der Waals surface area contributed by atoms with Gasteiger partial charge < -0.3 is 30.4 Å². The lowest BCUT2D eigenvalue weighted by Crippen LogP contribution is -2.43. The lowest BCUT2D eigenvalue weighted by atomic mass is 10.0. The van der Waals surface area contributed by atoms with Crippen LogP contribution < -0.4 is 10.6 Å². The van der Waals surface area contributed by atoms with Crippen molar-refractivity contribution in [1.29, 1.82) is 0 Å². The van der Waals surface area contributed by atoms with Crippen molar-refractivity contribution in [2.24, 2.45) is 11.8 Å². The third kappa shape index (κ3) is 9.78. The maximum atomic E-state index is 14.1. The van der Waals surface area contributed by atoms with Crippen LogP contribution in [0, 0.1) is 11.8 Å². The average Bonchev–Trinajstić information content (AvgIpc) is 3.83. The Balaban J connectivity index is 0.00000289. The van der Waals surface area contributed by atoms with Crippen LogP contribution in [0.2, 0.25) is 0 Å². The van der Waals surface area contributed by atoms with Crippen molar-refractivity contribution in [3.63, 3.8) is 0 Å². The number of rotatable bonds is 14. The average molecular weight is 988 g/mol. The van der Waals surface area contributed by atoms with E-state index in [1.165, 1.54) is 0 Å². The molecule has 68 heavy (non-hydrogen) atoms. The number of halogens is 2. The molecule has 7 aromatic rings. The topological polar surface area (TPSA) is 156 Å². The third-order valence-corrected chi connectivity index (χ3v) is 15.7. The first kappa shape index (κ1) is 47.0. The molecule has 6 heterocycles. The van der Waals surface area contributed by atoms with Crippen LogP contribution in [0.3, 0.4) is 0 Å². The number of carbonyl (C=O) groups is 4. The van der Waals surface area contributed by atoms with Gasteiger partial charge in [0.15, 0.2) is 0 Å². The van der Waals surface area contributed by atoms with E-state index < -0.39 is 12.1 Å². The van der Waals surface area contributed by atoms with Crippen LogP contribution in [-0.4, -0.2) is 66.5 Å². The van der Waals surface area contributed by atoms with Crippen molar-refractivity contribution in [3.8, 4) is 42.0 Å². The van der Waals surface area contributed by atoms with Crippen molar-refractivity contribution in [3.05, 3.63) is 144 Å². The molecule has 2 saturated carbocycles. The fourth-order valence-corrected chi connectivity index (χ4v) is 11.3. The lowest BCUT2D eigenvalue weighted by molar-refractivity contribution is -0.138. The Morgan fingerprint density at radius 1 is 0.515 bits per heavy atom. The van der Waals surface area contributed by atoms with Crippen molar-refractivity contribution in [1.82, 2.24) is 40.4 Å². The van der Waals surface area contributed by atoms with E-state index in [1.807, 2.05) is 82.9 Å². The number of hydrogen-bond acceptors (Lipinski definition) is 8. The van der Waals surface area contributed by atoms with Gasteiger partial charge in [-0.1, -0.05) is 84.9 Å². The summed E-state index contributed by atoms with van der Waals surface area (Å²) in [5.41, 5.74) is 5.64. The van der Waals surface area contributed by atoms with Crippen LogP contribution in [0.25, 0.3) is 42.0 Å². The van der Waals surface area contributed by atoms with E-state index in [0.29, 0.717) is 13.1 Å². The van der Waals surface area contributed by atoms with E-state index >= 15 is 0 Å². The summed E-state index contributed by atoms with van der Waals surface area (Å²) in [5.74, 6) is 1.23. The van der Waals surface area contributed by atoms with E-state index in [-0.39, 0.29) is 72.4 Å². The van der Waals surface area contributed by atoms with Crippen LogP contribution in [-0.2, 0) is 19.2 Å². The van der Waals surface area contributed by atoms with Gasteiger partial charge >= 0.3 is 0 Å². The smallest absolute Gasteiger partial charge is 0.250 e. The molecule has 2 aliphatic carbocycles. The van der Waals surface area contributed by atoms with Crippen LogP contribution in [0.4, 0.5) is 0 Å². The molecule has 4 atom stereocenters. The molecule has 350 valence electrons. The molecule has 16 heteroatoms. The highest BCUT2D eigenvalue weighted by molar-refractivity contribution is 7.19. The molecule has 3 aromatic carbocycles. The first-order valence-corrected chi connectivity index (χ1v) is 24.7. The van der Waals surface area contributed by atoms with E-state index in [2.05, 4.69) is 69.1 Å². The van der Waals surface area contributed by atoms with Crippen LogP contribution in [0.5, 0.6) is 0 Å². The van der Waals surface area contributed by atoms with Gasteiger partial charge in [-0.3, -0.25) is 19.2 Å². The molecule has 12 nitrogen and oxygen atoms in total. The number of aromatic amines is 2. The minimum Gasteiger partial charge on any atom is -0.340 e. The molecule has 0 unspecified atom stereocenters. The van der Waals surface area contributed by atoms with Gasteiger partial charge in [-0.15, -0.1) is 47.5 Å². The molecule has 4 fully saturated rings. The van der Waals surface area contributed by atoms with E-state index in [4.69, 9.17) is 9.97 Å². The Morgan fingerprint density at radius 2 is 0.897 bits per heavy atom. The van der Waals surface area contributed by atoms with Crippen molar-refractivity contribution >= 4 is 71.1 Å². The molecule has 11 rings (SSSR count). The molecule has 0 bridgehead atoms. The van der Waals surface area contributed by atoms with Crippen LogP contribution >= 0.6 is 47.5 Å². The Morgan fingerprint density at radius 3 is 1.28 bits per heavy atom. The normalized spacial score (nSPS) is 18.6. The summed E-state index contributed by atoms with van der Waals surface area (Å²) in [4.78, 5) is 78.8. The molecule has 4 N–H and O–H groups in total. The van der Waals surface area contributed by atoms with Gasteiger partial charge in [0.05, 0.1) is 45.6 Å². The predicted molar refractivity (Wildman–Crippen MR) is 270 cm³/mol. The highest BCUT2D eigenvalue weighted by atomic mass is 35.5. The first-order chi connectivity index (χ1) is 32.3. The summed E-state index contributed by atoms with van der Waals surface area (Å²) in [6.07, 6.45) is 10.5. The number of H-pyrrole nitrogens is 2. The first-order valence-electron chi connectivity index (χ1n) is 23.1. The van der Waals surface area contributed by atoms with Crippen molar-refractivity contribution in [2.75, 3.05) is 13.1 Å². The van der Waals surface area contributed by atoms with E-state index in [9.17, 15) is 19.2 Å². The standard InChI is InChI=1S/C52H50N8O4S2.2ClH/c61-49(35-19-20-35)57-45(33-9-3-1-4-10-33)51(63)59-27-7-13-39(59)47-53-29-37(55-47)43-25-23-41(65-43)31-15-17-32(18-16-31)42-24-26-44(66-42)38-30-54-48(56-38)40-14-8-28-60(40)52(64)46(34-11-5-2-6-12-34)58-50(62)36-21-22-36;;/h1-6,9-12,15-18,23-26,29-30,35-36,39-40,45-46H,7-8,13-14,19-22,27-28H2,(H,53,55)(H,54,56)(H,57,61)(H,58,62);2*1H/t39-,40-,45-,46-;;/m0../s1. The van der Waals surface area contributed by atoms with Gasteiger partial charge in [0.25, 0.3) is 0 Å². The second-order valence-electron chi connectivity index (χ2n) is 17.9. The molecule has 0 spiro atoms. The molecule has 0 radical (unpaired) electrons. The molecule has 2 saturated heterocycles. The molecule has 4 amide bonds. The van der Waals surface area contributed by atoms with Crippen molar-refractivity contribution < 1.29 is 19.2 Å². The van der Waals surface area contributed by atoms with Gasteiger partial charge in [0.2, 0.25) is 23.6 Å². The Kier molecular flexibility index (Phi) is 14.0. The van der Waals surface area contributed by atoms with Gasteiger partial charge in [-0.05, 0) is 97.9 Å². The third-order valence-electron chi connectivity index (χ3n) is 13.3. The number of nitrogens with one attached hydrogen (secondary N) is 4. The number of likely N-dealkylation sites (tertiary alicyclic amines) is 2. The zero-order valence-electron chi connectivity index (χ0n) is 37.1. The fraction of sp³-hybridized carbons (Fsp3) is 0.308. The fourth-order valence-electron chi connectivity index (χ4n) is 9.38. The number of thiophene rings is 2. The summed E-state index contributed by atoms with van der Waals surface area (Å²) in [6, 6.07) is 34.3. The number of hydrogen-bond donors (Lipinski definition) is 4. The summed E-state index contributed by atoms with van der Waals surface area (Å²) in [7, 11) is 0.